The lowest BCUT2D eigenvalue weighted by Crippen LogP contribution is -1.88. The highest BCUT2D eigenvalue weighted by molar-refractivity contribution is 6.29. The van der Waals surface area contributed by atoms with E-state index < -0.39 is 0 Å². The van der Waals surface area contributed by atoms with E-state index in [4.69, 9.17) is 16.3 Å². The minimum absolute atomic E-state index is 0.371. The summed E-state index contributed by atoms with van der Waals surface area (Å²) in [4.78, 5) is 0. The molecule has 11 heavy (non-hydrogen) atoms. The Bertz CT molecular complexity index is 188. The number of nitrogens with zero attached hydrogens (tertiary/aromatic N) is 2. The topological polar surface area (TPSA) is 35.0 Å². The fraction of sp³-hybridized carbons (Fsp3) is 0.429. The van der Waals surface area contributed by atoms with Crippen LogP contribution in [0.1, 0.15) is 13.8 Å². The van der Waals surface area contributed by atoms with Gasteiger partial charge in [0.1, 0.15) is 0 Å². The lowest BCUT2D eigenvalue weighted by atomic mass is 10.6. The molecule has 0 unspecified atom stereocenters. The molecule has 1 rings (SSSR count). The van der Waals surface area contributed by atoms with Crippen molar-refractivity contribution in [2.45, 2.75) is 13.8 Å². The molecular formula is C7H11ClN2O. The molecule has 0 aliphatic carbocycles. The second-order valence-electron chi connectivity index (χ2n) is 1.40. The molecule has 0 bridgehead atoms. The predicted octanol–water partition coefficient (Wildman–Crippen LogP) is 2.16. The van der Waals surface area contributed by atoms with Gasteiger partial charge in [0.25, 0.3) is 0 Å². The van der Waals surface area contributed by atoms with Crippen molar-refractivity contribution < 1.29 is 4.74 Å². The molecule has 0 N–H and O–H groups in total. The summed E-state index contributed by atoms with van der Waals surface area (Å²) in [6, 6.07) is 3.27. The van der Waals surface area contributed by atoms with Crippen molar-refractivity contribution in [3.05, 3.63) is 17.3 Å². The normalized spacial score (nSPS) is 8.00. The third kappa shape index (κ3) is 3.78. The Hall–Kier alpha value is -0.830. The van der Waals surface area contributed by atoms with Crippen molar-refractivity contribution >= 4 is 11.6 Å². The number of hydrogen-bond acceptors (Lipinski definition) is 3. The maximum atomic E-state index is 5.44. The quantitative estimate of drug-likeness (QED) is 0.655. The average Bonchev–Trinajstić information content (AvgIpc) is 2.10. The monoisotopic (exact) mass is 174 g/mol. The number of hydrogen-bond donors (Lipinski definition) is 0. The van der Waals surface area contributed by atoms with Crippen LogP contribution in [0.25, 0.3) is 0 Å². The van der Waals surface area contributed by atoms with Gasteiger partial charge in [-0.15, -0.1) is 10.2 Å². The van der Waals surface area contributed by atoms with Crippen LogP contribution in [0.4, 0.5) is 0 Å². The van der Waals surface area contributed by atoms with Crippen molar-refractivity contribution in [1.82, 2.24) is 10.2 Å². The van der Waals surface area contributed by atoms with E-state index in [1.165, 1.54) is 7.11 Å². The second-order valence-corrected chi connectivity index (χ2v) is 1.79. The van der Waals surface area contributed by atoms with Crippen molar-refractivity contribution in [2.24, 2.45) is 0 Å². The first-order chi connectivity index (χ1) is 5.33. The summed E-state index contributed by atoms with van der Waals surface area (Å²) in [6.07, 6.45) is 0. The molecule has 4 heteroatoms. The number of methoxy groups -OCH3 is 1. The van der Waals surface area contributed by atoms with Gasteiger partial charge >= 0.3 is 0 Å². The standard InChI is InChI=1S/C5H5ClN2O.C2H6/c1-9-5-3-2-4(6)7-8-5;1-2/h2-3H,1H3;1-2H3. The zero-order valence-electron chi connectivity index (χ0n) is 6.84. The molecule has 3 nitrogen and oxygen atoms in total. The minimum Gasteiger partial charge on any atom is -0.480 e. The van der Waals surface area contributed by atoms with Crippen LogP contribution in [0.3, 0.4) is 0 Å². The van der Waals surface area contributed by atoms with Crippen LogP contribution in [-0.4, -0.2) is 17.3 Å². The van der Waals surface area contributed by atoms with Gasteiger partial charge in [-0.2, -0.15) is 0 Å². The molecule has 62 valence electrons. The second kappa shape index (κ2) is 5.92. The SMILES string of the molecule is CC.COc1ccc(Cl)nn1. The van der Waals surface area contributed by atoms with Gasteiger partial charge in [-0.05, 0) is 6.07 Å². The van der Waals surface area contributed by atoms with Crippen LogP contribution in [0.15, 0.2) is 12.1 Å². The number of rotatable bonds is 1. The highest BCUT2D eigenvalue weighted by atomic mass is 35.5. The number of ether oxygens (including phenoxy) is 1. The van der Waals surface area contributed by atoms with E-state index in [1.54, 1.807) is 12.1 Å². The van der Waals surface area contributed by atoms with Crippen LogP contribution in [0, 0.1) is 0 Å². The number of aromatic nitrogens is 2. The molecule has 0 fully saturated rings. The molecule has 0 spiro atoms. The molecule has 0 aliphatic rings. The Morgan fingerprint density at radius 1 is 1.27 bits per heavy atom. The lowest BCUT2D eigenvalue weighted by molar-refractivity contribution is 0.392. The summed E-state index contributed by atoms with van der Waals surface area (Å²) in [6.45, 7) is 4.00. The fourth-order valence-electron chi connectivity index (χ4n) is 0.413. The summed E-state index contributed by atoms with van der Waals surface area (Å²) in [5.41, 5.74) is 0. The molecule has 0 amide bonds. The van der Waals surface area contributed by atoms with E-state index >= 15 is 0 Å². The molecule has 0 saturated heterocycles. The Labute approximate surface area is 71.4 Å². The van der Waals surface area contributed by atoms with Crippen molar-refractivity contribution in [2.75, 3.05) is 7.11 Å². The molecule has 1 heterocycles. The van der Waals surface area contributed by atoms with E-state index in [1.807, 2.05) is 13.8 Å². The van der Waals surface area contributed by atoms with Crippen LogP contribution in [0.2, 0.25) is 5.15 Å². The number of halogens is 1. The Balaban J connectivity index is 0.000000461. The van der Waals surface area contributed by atoms with Gasteiger partial charge in [0.15, 0.2) is 5.15 Å². The van der Waals surface area contributed by atoms with E-state index in [2.05, 4.69) is 10.2 Å². The first-order valence-corrected chi connectivity index (χ1v) is 3.74. The predicted molar refractivity (Wildman–Crippen MR) is 44.9 cm³/mol. The van der Waals surface area contributed by atoms with Crippen LogP contribution >= 0.6 is 11.6 Å². The van der Waals surface area contributed by atoms with E-state index in [0.717, 1.165) is 0 Å². The summed E-state index contributed by atoms with van der Waals surface area (Å²) in [7, 11) is 1.53. The Morgan fingerprint density at radius 2 is 1.91 bits per heavy atom. The molecule has 1 aromatic heterocycles. The zero-order chi connectivity index (χ0) is 8.69. The van der Waals surface area contributed by atoms with E-state index in [0.29, 0.717) is 11.0 Å². The third-order valence-electron chi connectivity index (χ3n) is 0.817. The molecule has 0 aromatic carbocycles. The van der Waals surface area contributed by atoms with Crippen LogP contribution in [0.5, 0.6) is 5.88 Å². The maximum absolute atomic E-state index is 5.44. The highest BCUT2D eigenvalue weighted by Gasteiger charge is 1.90. The zero-order valence-corrected chi connectivity index (χ0v) is 7.59. The molecule has 0 saturated carbocycles. The Morgan fingerprint density at radius 3 is 2.27 bits per heavy atom. The van der Waals surface area contributed by atoms with Gasteiger partial charge in [-0.1, -0.05) is 25.4 Å². The van der Waals surface area contributed by atoms with Crippen molar-refractivity contribution in [1.29, 1.82) is 0 Å². The first-order valence-electron chi connectivity index (χ1n) is 3.36. The Kier molecular flexibility index (Phi) is 5.47. The van der Waals surface area contributed by atoms with Gasteiger partial charge in [-0.3, -0.25) is 0 Å². The van der Waals surface area contributed by atoms with Gasteiger partial charge < -0.3 is 4.74 Å². The fourth-order valence-corrected chi connectivity index (χ4v) is 0.513. The third-order valence-corrected chi connectivity index (χ3v) is 1.02. The highest BCUT2D eigenvalue weighted by Crippen LogP contribution is 2.06. The van der Waals surface area contributed by atoms with E-state index in [9.17, 15) is 0 Å². The smallest absolute Gasteiger partial charge is 0.233 e. The lowest BCUT2D eigenvalue weighted by Gasteiger charge is -1.93. The molecule has 0 aliphatic heterocycles. The van der Waals surface area contributed by atoms with E-state index in [-0.39, 0.29) is 0 Å². The summed E-state index contributed by atoms with van der Waals surface area (Å²) in [5.74, 6) is 0.472. The van der Waals surface area contributed by atoms with Gasteiger partial charge in [0, 0.05) is 6.07 Å². The maximum Gasteiger partial charge on any atom is 0.233 e. The van der Waals surface area contributed by atoms with Crippen LogP contribution < -0.4 is 4.74 Å². The van der Waals surface area contributed by atoms with Crippen molar-refractivity contribution in [3.8, 4) is 5.88 Å². The molecule has 0 atom stereocenters. The summed E-state index contributed by atoms with van der Waals surface area (Å²) in [5, 5.41) is 7.50. The first kappa shape index (κ1) is 10.2. The average molecular weight is 175 g/mol. The molecular weight excluding hydrogens is 164 g/mol. The molecule has 1 aromatic rings. The van der Waals surface area contributed by atoms with Gasteiger partial charge in [-0.25, -0.2) is 0 Å². The summed E-state index contributed by atoms with van der Waals surface area (Å²) < 4.78 is 4.74. The largest absolute Gasteiger partial charge is 0.480 e. The minimum atomic E-state index is 0.371. The van der Waals surface area contributed by atoms with Gasteiger partial charge in [0.2, 0.25) is 5.88 Å². The molecule has 0 radical (unpaired) electrons. The van der Waals surface area contributed by atoms with Gasteiger partial charge in [0.05, 0.1) is 7.11 Å². The van der Waals surface area contributed by atoms with Crippen LogP contribution in [-0.2, 0) is 0 Å². The van der Waals surface area contributed by atoms with Crippen molar-refractivity contribution in [3.63, 3.8) is 0 Å². The summed E-state index contributed by atoms with van der Waals surface area (Å²) >= 11 is 5.44.